The lowest BCUT2D eigenvalue weighted by atomic mass is 10.3. The maximum Gasteiger partial charge on any atom is 0.335 e. The fourth-order valence-corrected chi connectivity index (χ4v) is 0.721. The summed E-state index contributed by atoms with van der Waals surface area (Å²) in [6, 6.07) is 0. The van der Waals surface area contributed by atoms with E-state index in [1.807, 2.05) is 0 Å². The molecular weight excluding hydrogens is 372 g/mol. The van der Waals surface area contributed by atoms with Crippen molar-refractivity contribution in [3.05, 3.63) is 24.8 Å². The second-order valence-electron chi connectivity index (χ2n) is 4.09. The standard InChI is InChI=1S/C7H8F4O2.C6H6F4O2/c1-3(2)7(12)13-6(11)4(8)5(9)10;1-2-3(11)12-6(10)4(7)5(8)9/h4-6H,1H2,2H3;2,4-6H,1H2. The lowest BCUT2D eigenvalue weighted by molar-refractivity contribution is -0.168. The predicted molar refractivity (Wildman–Crippen MR) is 68.8 cm³/mol. The van der Waals surface area contributed by atoms with Crippen molar-refractivity contribution in [2.45, 2.75) is 44.8 Å². The topological polar surface area (TPSA) is 52.6 Å². The SMILES string of the molecule is C=C(C)C(=O)OC(F)C(F)C(F)F.C=CC(=O)OC(F)C(F)C(F)F. The van der Waals surface area contributed by atoms with E-state index in [2.05, 4.69) is 22.6 Å². The average Bonchev–Trinajstić information content (AvgIpc) is 2.52. The molecule has 0 aromatic heterocycles. The minimum absolute atomic E-state index is 0.191. The van der Waals surface area contributed by atoms with E-state index < -0.39 is 49.8 Å². The van der Waals surface area contributed by atoms with E-state index in [4.69, 9.17) is 0 Å². The number of carbonyl (C=O) groups excluding carboxylic acids is 2. The first-order chi connectivity index (χ1) is 11.3. The normalized spacial score (nSPS) is 15.3. The van der Waals surface area contributed by atoms with Gasteiger partial charge in [0.05, 0.1) is 0 Å². The van der Waals surface area contributed by atoms with Gasteiger partial charge in [-0.3, -0.25) is 0 Å². The Labute approximate surface area is 137 Å². The summed E-state index contributed by atoms with van der Waals surface area (Å²) in [5.74, 6) is -2.53. The summed E-state index contributed by atoms with van der Waals surface area (Å²) in [4.78, 5) is 20.7. The zero-order chi connectivity index (χ0) is 20.3. The molecule has 0 spiro atoms. The van der Waals surface area contributed by atoms with E-state index in [0.717, 1.165) is 0 Å². The lowest BCUT2D eigenvalue weighted by Crippen LogP contribution is -2.29. The van der Waals surface area contributed by atoms with Crippen LogP contribution in [0.3, 0.4) is 0 Å². The zero-order valence-electron chi connectivity index (χ0n) is 12.6. The Bertz CT molecular complexity index is 457. The van der Waals surface area contributed by atoms with Crippen molar-refractivity contribution in [1.82, 2.24) is 0 Å². The van der Waals surface area contributed by atoms with Gasteiger partial charge in [0.15, 0.2) is 0 Å². The minimum Gasteiger partial charge on any atom is -0.424 e. The maximum atomic E-state index is 12.3. The summed E-state index contributed by atoms with van der Waals surface area (Å²) in [5, 5.41) is 0. The van der Waals surface area contributed by atoms with Crippen LogP contribution in [0.1, 0.15) is 6.92 Å². The van der Waals surface area contributed by atoms with Crippen LogP contribution >= 0.6 is 0 Å². The van der Waals surface area contributed by atoms with E-state index in [9.17, 15) is 44.7 Å². The second-order valence-corrected chi connectivity index (χ2v) is 4.09. The molecule has 0 radical (unpaired) electrons. The van der Waals surface area contributed by atoms with Gasteiger partial charge in [0.2, 0.25) is 12.3 Å². The number of carbonyl (C=O) groups is 2. The molecule has 0 fully saturated rings. The summed E-state index contributed by atoms with van der Waals surface area (Å²) in [5.41, 5.74) is -0.191. The molecule has 0 heterocycles. The highest BCUT2D eigenvalue weighted by atomic mass is 19.3. The van der Waals surface area contributed by atoms with Crippen LogP contribution in [-0.2, 0) is 19.1 Å². The molecule has 12 heteroatoms. The van der Waals surface area contributed by atoms with Crippen LogP contribution in [-0.4, -0.2) is 49.8 Å². The second kappa shape index (κ2) is 12.3. The van der Waals surface area contributed by atoms with Gasteiger partial charge < -0.3 is 9.47 Å². The molecule has 4 unspecified atom stereocenters. The van der Waals surface area contributed by atoms with E-state index >= 15 is 0 Å². The van der Waals surface area contributed by atoms with Crippen LogP contribution < -0.4 is 0 Å². The molecule has 0 saturated heterocycles. The van der Waals surface area contributed by atoms with E-state index in [1.54, 1.807) is 0 Å². The van der Waals surface area contributed by atoms with Gasteiger partial charge >= 0.3 is 11.9 Å². The molecule has 0 N–H and O–H groups in total. The van der Waals surface area contributed by atoms with Gasteiger partial charge in [-0.15, -0.1) is 0 Å². The van der Waals surface area contributed by atoms with Gasteiger partial charge in [0.1, 0.15) is 0 Å². The molecule has 0 aromatic carbocycles. The van der Waals surface area contributed by atoms with Crippen molar-refractivity contribution in [2.75, 3.05) is 0 Å². The van der Waals surface area contributed by atoms with Gasteiger partial charge in [-0.25, -0.2) is 35.9 Å². The molecule has 4 atom stereocenters. The highest BCUT2D eigenvalue weighted by Gasteiger charge is 2.33. The molecule has 0 aliphatic rings. The quantitative estimate of drug-likeness (QED) is 0.363. The maximum absolute atomic E-state index is 12.3. The number of rotatable bonds is 8. The fourth-order valence-electron chi connectivity index (χ4n) is 0.721. The monoisotopic (exact) mass is 386 g/mol. The van der Waals surface area contributed by atoms with E-state index in [0.29, 0.717) is 6.08 Å². The Morgan fingerprint density at radius 2 is 1.20 bits per heavy atom. The van der Waals surface area contributed by atoms with Crippen molar-refractivity contribution in [2.24, 2.45) is 0 Å². The smallest absolute Gasteiger partial charge is 0.335 e. The van der Waals surface area contributed by atoms with Gasteiger partial charge in [-0.2, -0.15) is 8.78 Å². The van der Waals surface area contributed by atoms with Crippen LogP contribution in [0.2, 0.25) is 0 Å². The molecule has 0 saturated carbocycles. The summed E-state index contributed by atoms with van der Waals surface area (Å²) >= 11 is 0. The van der Waals surface area contributed by atoms with Crippen molar-refractivity contribution in [3.8, 4) is 0 Å². The van der Waals surface area contributed by atoms with Gasteiger partial charge in [-0.05, 0) is 6.92 Å². The van der Waals surface area contributed by atoms with Gasteiger partial charge in [0.25, 0.3) is 25.6 Å². The summed E-state index contributed by atoms with van der Waals surface area (Å²) < 4.78 is 102. The number of esters is 2. The summed E-state index contributed by atoms with van der Waals surface area (Å²) in [7, 11) is 0. The van der Waals surface area contributed by atoms with Crippen LogP contribution in [0.4, 0.5) is 35.1 Å². The summed E-state index contributed by atoms with van der Waals surface area (Å²) in [6.45, 7) is 7.11. The highest BCUT2D eigenvalue weighted by molar-refractivity contribution is 5.87. The number of alkyl halides is 8. The molecule has 0 aliphatic carbocycles. The molecular formula is C13H14F8O4. The van der Waals surface area contributed by atoms with Gasteiger partial charge in [-0.1, -0.05) is 13.2 Å². The van der Waals surface area contributed by atoms with Crippen LogP contribution in [0, 0.1) is 0 Å². The van der Waals surface area contributed by atoms with E-state index in [1.165, 1.54) is 6.92 Å². The zero-order valence-corrected chi connectivity index (χ0v) is 12.6. The first-order valence-corrected chi connectivity index (χ1v) is 6.17. The highest BCUT2D eigenvalue weighted by Crippen LogP contribution is 2.15. The van der Waals surface area contributed by atoms with Crippen LogP contribution in [0.15, 0.2) is 24.8 Å². The predicted octanol–water partition coefficient (Wildman–Crippen LogP) is 3.62. The Kier molecular flexibility index (Phi) is 12.3. The molecule has 0 aromatic rings. The molecule has 146 valence electrons. The molecule has 0 aliphatic heterocycles. The van der Waals surface area contributed by atoms with Crippen molar-refractivity contribution >= 4 is 11.9 Å². The van der Waals surface area contributed by atoms with E-state index in [-0.39, 0.29) is 5.57 Å². The molecule has 25 heavy (non-hydrogen) atoms. The first kappa shape index (κ1) is 25.1. The van der Waals surface area contributed by atoms with Crippen LogP contribution in [0.25, 0.3) is 0 Å². The fraction of sp³-hybridized carbons (Fsp3) is 0.538. The number of halogens is 8. The third kappa shape index (κ3) is 11.1. The molecule has 0 bridgehead atoms. The third-order valence-corrected chi connectivity index (χ3v) is 1.95. The average molecular weight is 386 g/mol. The minimum atomic E-state index is -3.52. The van der Waals surface area contributed by atoms with Gasteiger partial charge in [0, 0.05) is 11.6 Å². The Morgan fingerprint density at radius 3 is 1.48 bits per heavy atom. The number of hydrogen-bond acceptors (Lipinski definition) is 4. The van der Waals surface area contributed by atoms with Crippen molar-refractivity contribution < 1.29 is 54.2 Å². The van der Waals surface area contributed by atoms with Crippen molar-refractivity contribution in [1.29, 1.82) is 0 Å². The van der Waals surface area contributed by atoms with Crippen molar-refractivity contribution in [3.63, 3.8) is 0 Å². The lowest BCUT2D eigenvalue weighted by Gasteiger charge is -2.13. The Balaban J connectivity index is 0. The molecule has 0 amide bonds. The Hall–Kier alpha value is -2.14. The first-order valence-electron chi connectivity index (χ1n) is 6.17. The summed E-state index contributed by atoms with van der Waals surface area (Å²) in [6.07, 6.45) is -18.6. The third-order valence-electron chi connectivity index (χ3n) is 1.95. The molecule has 0 rings (SSSR count). The number of ether oxygens (including phenoxy) is 2. The Morgan fingerprint density at radius 1 is 0.840 bits per heavy atom. The molecule has 4 nitrogen and oxygen atoms in total. The largest absolute Gasteiger partial charge is 0.424 e. The number of hydrogen-bond donors (Lipinski definition) is 0. The van der Waals surface area contributed by atoms with Crippen LogP contribution in [0.5, 0.6) is 0 Å².